The molecule has 1 aromatic carbocycles. The Kier molecular flexibility index (Phi) is 4.40. The van der Waals surface area contributed by atoms with E-state index in [1.807, 2.05) is 6.07 Å². The lowest BCUT2D eigenvalue weighted by atomic mass is 10.1. The zero-order valence-corrected chi connectivity index (χ0v) is 8.32. The summed E-state index contributed by atoms with van der Waals surface area (Å²) < 4.78 is 28.4. The van der Waals surface area contributed by atoms with E-state index in [1.54, 1.807) is 0 Å². The van der Waals surface area contributed by atoms with Crippen molar-refractivity contribution in [2.75, 3.05) is 0 Å². The van der Waals surface area contributed by atoms with Crippen LogP contribution in [0, 0.1) is 11.3 Å². The van der Waals surface area contributed by atoms with Gasteiger partial charge in [0.05, 0.1) is 6.07 Å². The molecule has 1 aromatic rings. The Bertz CT molecular complexity index is 413. The highest BCUT2D eigenvalue weighted by Crippen LogP contribution is 2.23. The molecule has 5 heteroatoms. The zero-order chi connectivity index (χ0) is 12.0. The molecule has 0 amide bonds. The fourth-order valence-electron chi connectivity index (χ4n) is 1.27. The molecule has 84 valence electrons. The van der Waals surface area contributed by atoms with Crippen molar-refractivity contribution in [1.29, 1.82) is 5.26 Å². The number of aryl methyl sites for hydroxylation is 1. The van der Waals surface area contributed by atoms with E-state index in [0.29, 0.717) is 17.4 Å². The van der Waals surface area contributed by atoms with Gasteiger partial charge in [-0.3, -0.25) is 4.79 Å². The van der Waals surface area contributed by atoms with E-state index in [1.165, 1.54) is 18.2 Å². The first kappa shape index (κ1) is 12.1. The number of halogens is 2. The van der Waals surface area contributed by atoms with Gasteiger partial charge in [-0.2, -0.15) is 14.0 Å². The van der Waals surface area contributed by atoms with Crippen molar-refractivity contribution in [3.63, 3.8) is 0 Å². The summed E-state index contributed by atoms with van der Waals surface area (Å²) >= 11 is 0. The average Bonchev–Trinajstić information content (AvgIpc) is 2.27. The second kappa shape index (κ2) is 5.81. The summed E-state index contributed by atoms with van der Waals surface area (Å²) in [4.78, 5) is 10.5. The van der Waals surface area contributed by atoms with Gasteiger partial charge in [0.15, 0.2) is 0 Å². The second-order valence-corrected chi connectivity index (χ2v) is 3.02. The molecule has 0 fully saturated rings. The van der Waals surface area contributed by atoms with E-state index in [0.717, 1.165) is 0 Å². The summed E-state index contributed by atoms with van der Waals surface area (Å²) in [5, 5.41) is 8.42. The number of rotatable bonds is 5. The van der Waals surface area contributed by atoms with E-state index < -0.39 is 6.61 Å². The number of nitriles is 1. The predicted molar refractivity (Wildman–Crippen MR) is 52.4 cm³/mol. The third-order valence-electron chi connectivity index (χ3n) is 1.94. The Balaban J connectivity index is 2.96. The molecule has 0 saturated heterocycles. The highest BCUT2D eigenvalue weighted by molar-refractivity contribution is 5.75. The Morgan fingerprint density at radius 1 is 1.50 bits per heavy atom. The van der Waals surface area contributed by atoms with Crippen molar-refractivity contribution in [2.24, 2.45) is 0 Å². The molecule has 0 atom stereocenters. The minimum atomic E-state index is -2.91. The number of ether oxygens (including phenoxy) is 1. The number of hydrogen-bond donors (Lipinski definition) is 0. The van der Waals surface area contributed by atoms with Crippen LogP contribution in [0.15, 0.2) is 18.2 Å². The first-order chi connectivity index (χ1) is 7.67. The van der Waals surface area contributed by atoms with Crippen LogP contribution >= 0.6 is 0 Å². The van der Waals surface area contributed by atoms with Gasteiger partial charge in [0.2, 0.25) is 0 Å². The summed E-state index contributed by atoms with van der Waals surface area (Å²) in [6, 6.07) is 6.05. The second-order valence-electron chi connectivity index (χ2n) is 3.02. The summed E-state index contributed by atoms with van der Waals surface area (Å²) in [5.74, 6) is 0.0100. The molecule has 0 radical (unpaired) electrons. The highest BCUT2D eigenvalue weighted by atomic mass is 19.3. The molecule has 0 saturated carbocycles. The van der Waals surface area contributed by atoms with Crippen molar-refractivity contribution in [3.05, 3.63) is 29.3 Å². The van der Waals surface area contributed by atoms with E-state index in [-0.39, 0.29) is 18.6 Å². The molecule has 3 nitrogen and oxygen atoms in total. The lowest BCUT2D eigenvalue weighted by molar-refractivity contribution is -0.0504. The highest BCUT2D eigenvalue weighted by Gasteiger charge is 2.10. The SMILES string of the molecule is N#CCCc1cc(C=O)ccc1OC(F)F. The van der Waals surface area contributed by atoms with Crippen LogP contribution in [0.3, 0.4) is 0 Å². The quantitative estimate of drug-likeness (QED) is 0.723. The number of nitrogens with zero attached hydrogens (tertiary/aromatic N) is 1. The van der Waals surface area contributed by atoms with Crippen LogP contribution in [0.2, 0.25) is 0 Å². The minimum absolute atomic E-state index is 0.0100. The van der Waals surface area contributed by atoms with Gasteiger partial charge in [-0.25, -0.2) is 0 Å². The van der Waals surface area contributed by atoms with Crippen LogP contribution in [-0.4, -0.2) is 12.9 Å². The fraction of sp³-hybridized carbons (Fsp3) is 0.273. The molecule has 0 N–H and O–H groups in total. The lowest BCUT2D eigenvalue weighted by Crippen LogP contribution is -2.05. The Morgan fingerprint density at radius 2 is 2.25 bits per heavy atom. The topological polar surface area (TPSA) is 50.1 Å². The average molecular weight is 225 g/mol. The standard InChI is InChI=1S/C11H9F2NO2/c12-11(13)16-10-4-3-8(7-15)6-9(10)2-1-5-14/h3-4,6-7,11H,1-2H2. The number of alkyl halides is 2. The van der Waals surface area contributed by atoms with E-state index in [4.69, 9.17) is 5.26 Å². The molecule has 0 aliphatic rings. The first-order valence-electron chi connectivity index (χ1n) is 4.57. The van der Waals surface area contributed by atoms with Crippen LogP contribution in [0.5, 0.6) is 5.75 Å². The van der Waals surface area contributed by atoms with Gasteiger partial charge >= 0.3 is 6.61 Å². The largest absolute Gasteiger partial charge is 0.435 e. The third kappa shape index (κ3) is 3.31. The van der Waals surface area contributed by atoms with E-state index in [2.05, 4.69) is 4.74 Å². The van der Waals surface area contributed by atoms with Gasteiger partial charge in [0, 0.05) is 12.0 Å². The molecule has 0 heterocycles. The Morgan fingerprint density at radius 3 is 2.81 bits per heavy atom. The maximum absolute atomic E-state index is 12.0. The Labute approximate surface area is 91.3 Å². The molecule has 1 rings (SSSR count). The Hall–Kier alpha value is -1.96. The number of carbonyl (C=O) groups is 1. The van der Waals surface area contributed by atoms with E-state index in [9.17, 15) is 13.6 Å². The van der Waals surface area contributed by atoms with Crippen molar-refractivity contribution < 1.29 is 18.3 Å². The normalized spacial score (nSPS) is 9.88. The molecular weight excluding hydrogens is 216 g/mol. The van der Waals surface area contributed by atoms with Crippen molar-refractivity contribution in [3.8, 4) is 11.8 Å². The number of aldehydes is 1. The van der Waals surface area contributed by atoms with Crippen LogP contribution in [0.4, 0.5) is 8.78 Å². The van der Waals surface area contributed by atoms with Crippen LogP contribution in [0.1, 0.15) is 22.3 Å². The van der Waals surface area contributed by atoms with Crippen LogP contribution in [-0.2, 0) is 6.42 Å². The summed E-state index contributed by atoms with van der Waals surface area (Å²) in [5.41, 5.74) is 0.806. The smallest absolute Gasteiger partial charge is 0.387 e. The number of carbonyl (C=O) groups excluding carboxylic acids is 1. The third-order valence-corrected chi connectivity index (χ3v) is 1.94. The maximum Gasteiger partial charge on any atom is 0.387 e. The summed E-state index contributed by atoms with van der Waals surface area (Å²) in [7, 11) is 0. The predicted octanol–water partition coefficient (Wildman–Crippen LogP) is 2.56. The first-order valence-corrected chi connectivity index (χ1v) is 4.57. The molecule has 0 aliphatic heterocycles. The maximum atomic E-state index is 12.0. The molecule has 0 spiro atoms. The fourth-order valence-corrected chi connectivity index (χ4v) is 1.27. The monoisotopic (exact) mass is 225 g/mol. The number of benzene rings is 1. The minimum Gasteiger partial charge on any atom is -0.435 e. The number of hydrogen-bond acceptors (Lipinski definition) is 3. The van der Waals surface area contributed by atoms with Crippen molar-refractivity contribution in [2.45, 2.75) is 19.5 Å². The summed E-state index contributed by atoms with van der Waals surface area (Å²) in [6.45, 7) is -2.91. The van der Waals surface area contributed by atoms with Gasteiger partial charge in [-0.05, 0) is 30.2 Å². The van der Waals surface area contributed by atoms with Crippen molar-refractivity contribution in [1.82, 2.24) is 0 Å². The molecular formula is C11H9F2NO2. The van der Waals surface area contributed by atoms with Gasteiger partial charge in [-0.1, -0.05) is 0 Å². The molecule has 0 bridgehead atoms. The van der Waals surface area contributed by atoms with Crippen molar-refractivity contribution >= 4 is 6.29 Å². The van der Waals surface area contributed by atoms with Gasteiger partial charge < -0.3 is 4.74 Å². The van der Waals surface area contributed by atoms with Crippen LogP contribution < -0.4 is 4.74 Å². The molecule has 0 unspecified atom stereocenters. The lowest BCUT2D eigenvalue weighted by Gasteiger charge is -2.09. The molecule has 0 aromatic heterocycles. The summed E-state index contributed by atoms with van der Waals surface area (Å²) in [6.07, 6.45) is 1.07. The van der Waals surface area contributed by atoms with E-state index >= 15 is 0 Å². The van der Waals surface area contributed by atoms with Gasteiger partial charge in [0.1, 0.15) is 12.0 Å². The van der Waals surface area contributed by atoms with Gasteiger partial charge in [-0.15, -0.1) is 0 Å². The van der Waals surface area contributed by atoms with Gasteiger partial charge in [0.25, 0.3) is 0 Å². The molecule has 0 aliphatic carbocycles. The molecule has 16 heavy (non-hydrogen) atoms. The zero-order valence-electron chi connectivity index (χ0n) is 8.32. The van der Waals surface area contributed by atoms with Crippen LogP contribution in [0.25, 0.3) is 0 Å².